The maximum absolute atomic E-state index is 10.2. The second-order valence-corrected chi connectivity index (χ2v) is 6.83. The number of hydrogen-bond donors (Lipinski definition) is 3. The Hall–Kier alpha value is -2.56. The summed E-state index contributed by atoms with van der Waals surface area (Å²) in [5.74, 6) is 0.992. The van der Waals surface area contributed by atoms with Crippen LogP contribution in [-0.2, 0) is 6.42 Å². The van der Waals surface area contributed by atoms with Crippen LogP contribution in [0.4, 0.5) is 0 Å². The molecule has 0 unspecified atom stereocenters. The first-order chi connectivity index (χ1) is 11.9. The first kappa shape index (κ1) is 17.3. The molecule has 0 radical (unpaired) electrons. The average Bonchev–Trinajstić information content (AvgIpc) is 2.58. The van der Waals surface area contributed by atoms with Gasteiger partial charge in [0.15, 0.2) is 23.0 Å². The maximum Gasteiger partial charge on any atom is 0.200 e. The lowest BCUT2D eigenvalue weighted by Gasteiger charge is -2.37. The minimum Gasteiger partial charge on any atom is -0.504 e. The summed E-state index contributed by atoms with van der Waals surface area (Å²) in [7, 11) is 2.99. The van der Waals surface area contributed by atoms with Crippen LogP contribution in [0.25, 0.3) is 0 Å². The lowest BCUT2D eigenvalue weighted by atomic mass is 9.68. The molecule has 1 aliphatic carbocycles. The Morgan fingerprint density at radius 2 is 1.56 bits per heavy atom. The number of fused-ring (bicyclic) bond motifs is 1. The van der Waals surface area contributed by atoms with Gasteiger partial charge in [-0.05, 0) is 59.2 Å². The minimum absolute atomic E-state index is 0.0315. The minimum atomic E-state index is -0.263. The number of aromatic hydroxyl groups is 3. The number of methoxy groups -OCH3 is 2. The topological polar surface area (TPSA) is 79.2 Å². The van der Waals surface area contributed by atoms with Crippen LogP contribution in [0.5, 0.6) is 28.7 Å². The molecule has 2 aromatic carbocycles. The molecule has 134 valence electrons. The largest absolute Gasteiger partial charge is 0.504 e. The van der Waals surface area contributed by atoms with Gasteiger partial charge in [0.25, 0.3) is 0 Å². The standard InChI is InChI=1S/C20H24O5/c1-10-5-12-7-17(24-3)15(21)9-14(12)19(11(10)2)13-6-16(22)20(23)18(8-13)25-4/h6-11,19,21-23H,5H2,1-4H3/t10-,11-,19-/m0/s1. The second-order valence-electron chi connectivity index (χ2n) is 6.83. The summed E-state index contributed by atoms with van der Waals surface area (Å²) in [6.07, 6.45) is 0.894. The van der Waals surface area contributed by atoms with Crippen molar-refractivity contribution in [1.29, 1.82) is 0 Å². The quantitative estimate of drug-likeness (QED) is 0.739. The van der Waals surface area contributed by atoms with Gasteiger partial charge < -0.3 is 24.8 Å². The summed E-state index contributed by atoms with van der Waals surface area (Å²) >= 11 is 0. The molecule has 0 heterocycles. The molecule has 0 bridgehead atoms. The van der Waals surface area contributed by atoms with E-state index in [0.29, 0.717) is 11.7 Å². The first-order valence-electron chi connectivity index (χ1n) is 8.37. The molecule has 0 aliphatic heterocycles. The summed E-state index contributed by atoms with van der Waals surface area (Å²) < 4.78 is 10.4. The predicted octanol–water partition coefficient (Wildman–Crippen LogP) is 3.78. The molecule has 2 aromatic rings. The van der Waals surface area contributed by atoms with E-state index >= 15 is 0 Å². The van der Waals surface area contributed by atoms with Crippen LogP contribution >= 0.6 is 0 Å². The Morgan fingerprint density at radius 1 is 0.880 bits per heavy atom. The van der Waals surface area contributed by atoms with Crippen LogP contribution in [-0.4, -0.2) is 29.5 Å². The highest BCUT2D eigenvalue weighted by Gasteiger charge is 2.34. The van der Waals surface area contributed by atoms with Crippen molar-refractivity contribution >= 4 is 0 Å². The van der Waals surface area contributed by atoms with Crippen LogP contribution < -0.4 is 9.47 Å². The van der Waals surface area contributed by atoms with Gasteiger partial charge in [-0.2, -0.15) is 0 Å². The number of phenols is 3. The molecule has 0 spiro atoms. The third-order valence-corrected chi connectivity index (χ3v) is 5.40. The van der Waals surface area contributed by atoms with E-state index in [9.17, 15) is 15.3 Å². The molecule has 0 aromatic heterocycles. The number of hydrogen-bond acceptors (Lipinski definition) is 5. The maximum atomic E-state index is 10.2. The first-order valence-corrected chi connectivity index (χ1v) is 8.37. The SMILES string of the molecule is COc1cc2c(cc1O)[C@H](c1cc(O)c(O)c(OC)c1)[C@@H](C)[C@@H](C)C2. The van der Waals surface area contributed by atoms with Crippen molar-refractivity contribution in [3.63, 3.8) is 0 Å². The van der Waals surface area contributed by atoms with Crippen LogP contribution in [0.2, 0.25) is 0 Å². The van der Waals surface area contributed by atoms with E-state index in [1.54, 1.807) is 18.2 Å². The second kappa shape index (κ2) is 6.39. The molecule has 25 heavy (non-hydrogen) atoms. The molecule has 0 saturated carbocycles. The third-order valence-electron chi connectivity index (χ3n) is 5.40. The van der Waals surface area contributed by atoms with Crippen molar-refractivity contribution in [2.75, 3.05) is 14.2 Å². The molecule has 3 atom stereocenters. The van der Waals surface area contributed by atoms with E-state index in [1.807, 2.05) is 6.07 Å². The van der Waals surface area contributed by atoms with Gasteiger partial charge in [0, 0.05) is 5.92 Å². The van der Waals surface area contributed by atoms with Crippen molar-refractivity contribution in [3.8, 4) is 28.7 Å². The Bertz CT molecular complexity index is 799. The van der Waals surface area contributed by atoms with Crippen molar-refractivity contribution in [2.24, 2.45) is 11.8 Å². The summed E-state index contributed by atoms with van der Waals surface area (Å²) in [4.78, 5) is 0. The zero-order valence-electron chi connectivity index (χ0n) is 14.9. The van der Waals surface area contributed by atoms with E-state index in [2.05, 4.69) is 13.8 Å². The van der Waals surface area contributed by atoms with Crippen molar-refractivity contribution < 1.29 is 24.8 Å². The Morgan fingerprint density at radius 3 is 2.20 bits per heavy atom. The zero-order chi connectivity index (χ0) is 18.3. The fraction of sp³-hybridized carbons (Fsp3) is 0.400. The molecule has 5 nitrogen and oxygen atoms in total. The molecule has 3 N–H and O–H groups in total. The highest BCUT2D eigenvalue weighted by atomic mass is 16.5. The van der Waals surface area contributed by atoms with Gasteiger partial charge in [0.2, 0.25) is 5.75 Å². The fourth-order valence-corrected chi connectivity index (χ4v) is 3.83. The summed E-state index contributed by atoms with van der Waals surface area (Å²) in [5, 5.41) is 30.2. The summed E-state index contributed by atoms with van der Waals surface area (Å²) in [5.41, 5.74) is 2.98. The molecular weight excluding hydrogens is 320 g/mol. The molecule has 1 aliphatic rings. The van der Waals surface area contributed by atoms with Gasteiger partial charge in [-0.1, -0.05) is 13.8 Å². The lowest BCUT2D eigenvalue weighted by molar-refractivity contribution is 0.316. The smallest absolute Gasteiger partial charge is 0.200 e. The van der Waals surface area contributed by atoms with E-state index in [-0.39, 0.29) is 34.8 Å². The highest BCUT2D eigenvalue weighted by molar-refractivity contribution is 5.57. The van der Waals surface area contributed by atoms with Gasteiger partial charge in [0.05, 0.1) is 14.2 Å². The van der Waals surface area contributed by atoms with E-state index in [1.165, 1.54) is 14.2 Å². The van der Waals surface area contributed by atoms with E-state index < -0.39 is 0 Å². The Balaban J connectivity index is 2.19. The predicted molar refractivity (Wildman–Crippen MR) is 94.9 cm³/mol. The van der Waals surface area contributed by atoms with Crippen LogP contribution in [0.15, 0.2) is 24.3 Å². The molecule has 5 heteroatoms. The van der Waals surface area contributed by atoms with Gasteiger partial charge in [-0.3, -0.25) is 0 Å². The van der Waals surface area contributed by atoms with Crippen LogP contribution in [0.3, 0.4) is 0 Å². The van der Waals surface area contributed by atoms with Crippen LogP contribution in [0, 0.1) is 11.8 Å². The van der Waals surface area contributed by atoms with Crippen molar-refractivity contribution in [2.45, 2.75) is 26.2 Å². The number of ether oxygens (including phenoxy) is 2. The van der Waals surface area contributed by atoms with E-state index in [0.717, 1.165) is 23.1 Å². The van der Waals surface area contributed by atoms with Crippen molar-refractivity contribution in [3.05, 3.63) is 41.0 Å². The number of phenolic OH excluding ortho intramolecular Hbond substituents is 3. The molecule has 3 rings (SSSR count). The van der Waals surface area contributed by atoms with Crippen LogP contribution in [0.1, 0.15) is 36.5 Å². The molecule has 0 saturated heterocycles. The number of rotatable bonds is 3. The zero-order valence-corrected chi connectivity index (χ0v) is 14.9. The average molecular weight is 344 g/mol. The Labute approximate surface area is 147 Å². The fourth-order valence-electron chi connectivity index (χ4n) is 3.83. The van der Waals surface area contributed by atoms with E-state index in [4.69, 9.17) is 9.47 Å². The van der Waals surface area contributed by atoms with Gasteiger partial charge in [-0.15, -0.1) is 0 Å². The van der Waals surface area contributed by atoms with Gasteiger partial charge >= 0.3 is 0 Å². The number of benzene rings is 2. The summed E-state index contributed by atoms with van der Waals surface area (Å²) in [6, 6.07) is 6.95. The van der Waals surface area contributed by atoms with Gasteiger partial charge in [-0.25, -0.2) is 0 Å². The lowest BCUT2D eigenvalue weighted by Crippen LogP contribution is -2.26. The van der Waals surface area contributed by atoms with Gasteiger partial charge in [0.1, 0.15) is 0 Å². The normalized spacial score (nSPS) is 22.3. The monoisotopic (exact) mass is 344 g/mol. The molecular formula is C20H24O5. The van der Waals surface area contributed by atoms with Crippen molar-refractivity contribution in [1.82, 2.24) is 0 Å². The Kier molecular flexibility index (Phi) is 4.41. The summed E-state index contributed by atoms with van der Waals surface area (Å²) in [6.45, 7) is 4.35. The molecule has 0 amide bonds. The third kappa shape index (κ3) is 2.84. The highest BCUT2D eigenvalue weighted by Crippen LogP contribution is 2.49. The molecule has 0 fully saturated rings.